The molecule has 1 amide bonds. The minimum absolute atomic E-state index is 0.0109. The third-order valence-electron chi connectivity index (χ3n) is 5.55. The predicted molar refractivity (Wildman–Crippen MR) is 118 cm³/mol. The summed E-state index contributed by atoms with van der Waals surface area (Å²) in [5.74, 6) is -0.304. The van der Waals surface area contributed by atoms with Crippen LogP contribution in [-0.2, 0) is 35.0 Å². The van der Waals surface area contributed by atoms with E-state index < -0.39 is 21.3 Å². The van der Waals surface area contributed by atoms with E-state index in [2.05, 4.69) is 9.71 Å². The van der Waals surface area contributed by atoms with Gasteiger partial charge in [-0.15, -0.1) is 0 Å². The number of nitrogens with zero attached hydrogens (tertiary/aromatic N) is 4. The molecule has 0 atom stereocenters. The van der Waals surface area contributed by atoms with Gasteiger partial charge in [0.05, 0.1) is 28.0 Å². The van der Waals surface area contributed by atoms with E-state index in [1.165, 1.54) is 29.8 Å². The second-order valence-electron chi connectivity index (χ2n) is 7.65. The van der Waals surface area contributed by atoms with Gasteiger partial charge in [-0.1, -0.05) is 6.07 Å². The van der Waals surface area contributed by atoms with Gasteiger partial charge in [0.1, 0.15) is 6.54 Å². The molecule has 0 aliphatic carbocycles. The van der Waals surface area contributed by atoms with Gasteiger partial charge >= 0.3 is 5.69 Å². The van der Waals surface area contributed by atoms with E-state index in [4.69, 9.17) is 0 Å². The fraction of sp³-hybridized carbons (Fsp3) is 0.333. The van der Waals surface area contributed by atoms with Gasteiger partial charge in [0.25, 0.3) is 5.56 Å². The largest absolute Gasteiger partial charge is 0.341 e. The number of rotatable bonds is 6. The van der Waals surface area contributed by atoms with E-state index in [0.29, 0.717) is 18.8 Å². The summed E-state index contributed by atoms with van der Waals surface area (Å²) in [6.07, 6.45) is 3.35. The lowest BCUT2D eigenvalue weighted by atomic mass is 10.2. The SMILES string of the molecule is Cn1c(=O)n(CC(=O)N2CCCC2)c(=O)c2cc(S(=O)(=O)NCc3ccccn3)ccc21. The Kier molecular flexibility index (Phi) is 5.94. The topological polar surface area (TPSA) is 123 Å². The summed E-state index contributed by atoms with van der Waals surface area (Å²) in [5, 5.41) is 0.0435. The summed E-state index contributed by atoms with van der Waals surface area (Å²) >= 11 is 0. The number of hydrogen-bond donors (Lipinski definition) is 1. The summed E-state index contributed by atoms with van der Waals surface area (Å²) in [6.45, 7) is 0.817. The summed E-state index contributed by atoms with van der Waals surface area (Å²) in [4.78, 5) is 43.9. The zero-order valence-corrected chi connectivity index (χ0v) is 18.3. The molecule has 11 heteroatoms. The number of hydrogen-bond acceptors (Lipinski definition) is 6. The molecule has 4 rings (SSSR count). The second kappa shape index (κ2) is 8.67. The molecule has 10 nitrogen and oxygen atoms in total. The first-order valence-corrected chi connectivity index (χ1v) is 11.7. The normalized spacial score (nSPS) is 14.2. The summed E-state index contributed by atoms with van der Waals surface area (Å²) < 4.78 is 30.1. The smallest absolute Gasteiger partial charge is 0.331 e. The molecule has 2 aromatic heterocycles. The Morgan fingerprint density at radius 2 is 1.88 bits per heavy atom. The van der Waals surface area contributed by atoms with Crippen LogP contribution in [0.4, 0.5) is 0 Å². The number of carbonyl (C=O) groups excluding carboxylic acids is 1. The molecule has 0 spiro atoms. The number of sulfonamides is 1. The fourth-order valence-corrected chi connectivity index (χ4v) is 4.78. The van der Waals surface area contributed by atoms with Gasteiger partial charge in [0.15, 0.2) is 0 Å². The average molecular weight is 458 g/mol. The molecule has 0 unspecified atom stereocenters. The molecule has 1 aliphatic heterocycles. The van der Waals surface area contributed by atoms with Gasteiger partial charge in [-0.05, 0) is 43.2 Å². The maximum Gasteiger partial charge on any atom is 0.331 e. The fourth-order valence-electron chi connectivity index (χ4n) is 3.76. The molecule has 0 radical (unpaired) electrons. The molecular formula is C21H23N5O5S. The van der Waals surface area contributed by atoms with Crippen molar-refractivity contribution in [2.75, 3.05) is 13.1 Å². The van der Waals surface area contributed by atoms with Crippen molar-refractivity contribution < 1.29 is 13.2 Å². The highest BCUT2D eigenvalue weighted by atomic mass is 32.2. The van der Waals surface area contributed by atoms with Crippen LogP contribution in [0.3, 0.4) is 0 Å². The lowest BCUT2D eigenvalue weighted by molar-refractivity contribution is -0.130. The van der Waals surface area contributed by atoms with E-state index in [1.54, 1.807) is 29.3 Å². The molecule has 1 aromatic carbocycles. The van der Waals surface area contributed by atoms with Crippen molar-refractivity contribution in [2.45, 2.75) is 30.8 Å². The summed E-state index contributed by atoms with van der Waals surface area (Å²) in [7, 11) is -2.46. The van der Waals surface area contributed by atoms with Crippen LogP contribution >= 0.6 is 0 Å². The van der Waals surface area contributed by atoms with Crippen molar-refractivity contribution in [1.82, 2.24) is 23.7 Å². The van der Waals surface area contributed by atoms with Crippen LogP contribution in [0.5, 0.6) is 0 Å². The molecule has 1 N–H and O–H groups in total. The Labute approximate surface area is 184 Å². The predicted octanol–water partition coefficient (Wildman–Crippen LogP) is 0.196. The number of carbonyl (C=O) groups is 1. The van der Waals surface area contributed by atoms with Crippen LogP contribution in [0, 0.1) is 0 Å². The Morgan fingerprint density at radius 3 is 2.56 bits per heavy atom. The zero-order chi connectivity index (χ0) is 22.9. The third-order valence-corrected chi connectivity index (χ3v) is 6.95. The van der Waals surface area contributed by atoms with Gasteiger partial charge in [-0.3, -0.25) is 23.7 Å². The number of nitrogens with one attached hydrogen (secondary N) is 1. The first-order chi connectivity index (χ1) is 15.3. The molecule has 1 aliphatic rings. The number of aryl methyl sites for hydroxylation is 1. The van der Waals surface area contributed by atoms with Crippen LogP contribution in [-0.4, -0.2) is 46.4 Å². The Morgan fingerprint density at radius 1 is 1.12 bits per heavy atom. The van der Waals surface area contributed by atoms with Crippen molar-refractivity contribution >= 4 is 26.8 Å². The zero-order valence-electron chi connectivity index (χ0n) is 17.5. The van der Waals surface area contributed by atoms with E-state index in [9.17, 15) is 22.8 Å². The number of likely N-dealkylation sites (tertiary alicyclic amines) is 1. The molecule has 0 bridgehead atoms. The third kappa shape index (κ3) is 4.21. The van der Waals surface area contributed by atoms with E-state index >= 15 is 0 Å². The standard InChI is InChI=1S/C21H23N5O5S/c1-24-18-8-7-16(32(30,31)23-13-15-6-2-3-9-22-15)12-17(18)20(28)26(21(24)29)14-19(27)25-10-4-5-11-25/h2-3,6-9,12,23H,4-5,10-11,13-14H2,1H3. The first kappa shape index (κ1) is 21.9. The van der Waals surface area contributed by atoms with Gasteiger partial charge in [-0.25, -0.2) is 17.9 Å². The quantitative estimate of drug-likeness (QED) is 0.564. The van der Waals surface area contributed by atoms with Crippen molar-refractivity contribution in [3.63, 3.8) is 0 Å². The molecular weight excluding hydrogens is 434 g/mol. The van der Waals surface area contributed by atoms with Gasteiger partial charge < -0.3 is 4.90 Å². The number of amides is 1. The number of aromatic nitrogens is 3. The molecule has 3 aromatic rings. The van der Waals surface area contributed by atoms with Gasteiger partial charge in [0.2, 0.25) is 15.9 Å². The van der Waals surface area contributed by atoms with Crippen LogP contribution in [0.25, 0.3) is 10.9 Å². The lowest BCUT2D eigenvalue weighted by Crippen LogP contribution is -2.43. The molecule has 32 heavy (non-hydrogen) atoms. The van der Waals surface area contributed by atoms with E-state index in [-0.39, 0.29) is 34.8 Å². The highest BCUT2D eigenvalue weighted by molar-refractivity contribution is 7.89. The maximum absolute atomic E-state index is 13.1. The number of fused-ring (bicyclic) bond motifs is 1. The van der Waals surface area contributed by atoms with Crippen molar-refractivity contribution in [3.8, 4) is 0 Å². The van der Waals surface area contributed by atoms with Crippen molar-refractivity contribution in [3.05, 3.63) is 69.1 Å². The highest BCUT2D eigenvalue weighted by Gasteiger charge is 2.22. The monoisotopic (exact) mass is 457 g/mol. The Balaban J connectivity index is 1.70. The number of pyridine rings is 1. The Bertz CT molecular complexity index is 1390. The van der Waals surface area contributed by atoms with Crippen LogP contribution in [0.1, 0.15) is 18.5 Å². The van der Waals surface area contributed by atoms with Gasteiger partial charge in [-0.2, -0.15) is 0 Å². The second-order valence-corrected chi connectivity index (χ2v) is 9.41. The highest BCUT2D eigenvalue weighted by Crippen LogP contribution is 2.16. The van der Waals surface area contributed by atoms with E-state index in [1.807, 2.05) is 0 Å². The van der Waals surface area contributed by atoms with Crippen molar-refractivity contribution in [2.24, 2.45) is 7.05 Å². The summed E-state index contributed by atoms with van der Waals surface area (Å²) in [5.41, 5.74) is -0.494. The molecule has 1 fully saturated rings. The molecule has 168 valence electrons. The van der Waals surface area contributed by atoms with Crippen LogP contribution < -0.4 is 16.0 Å². The Hall–Kier alpha value is -3.31. The van der Waals surface area contributed by atoms with Crippen LogP contribution in [0.2, 0.25) is 0 Å². The van der Waals surface area contributed by atoms with E-state index in [0.717, 1.165) is 17.4 Å². The minimum Gasteiger partial charge on any atom is -0.341 e. The summed E-state index contributed by atoms with van der Waals surface area (Å²) in [6, 6.07) is 9.15. The minimum atomic E-state index is -3.94. The van der Waals surface area contributed by atoms with Crippen molar-refractivity contribution in [1.29, 1.82) is 0 Å². The molecule has 1 saturated heterocycles. The molecule has 0 saturated carbocycles. The first-order valence-electron chi connectivity index (χ1n) is 10.2. The van der Waals surface area contributed by atoms with Crippen LogP contribution in [0.15, 0.2) is 57.1 Å². The average Bonchev–Trinajstić information content (AvgIpc) is 3.34. The number of benzene rings is 1. The molecule has 3 heterocycles. The van der Waals surface area contributed by atoms with Gasteiger partial charge in [0, 0.05) is 26.3 Å². The maximum atomic E-state index is 13.1. The lowest BCUT2D eigenvalue weighted by Gasteiger charge is -2.17.